The van der Waals surface area contributed by atoms with E-state index in [1.807, 2.05) is 30.5 Å². The molecule has 1 unspecified atom stereocenters. The third-order valence-corrected chi connectivity index (χ3v) is 12.5. The number of carbonyl (C=O) groups is 2. The molecular formula is C38H42ClF5N10O3. The van der Waals surface area contributed by atoms with Gasteiger partial charge in [0, 0.05) is 11.0 Å². The molecule has 0 radical (unpaired) electrons. The Morgan fingerprint density at radius 3 is 2.49 bits per heavy atom. The number of nitrogens with zero attached hydrogens (tertiary/aromatic N) is 8. The number of rotatable bonds is 13. The molecular weight excluding hydrogens is 775 g/mol. The van der Waals surface area contributed by atoms with Crippen LogP contribution in [0.5, 0.6) is 0 Å². The summed E-state index contributed by atoms with van der Waals surface area (Å²) in [6.07, 6.45) is 6.47. The fourth-order valence-electron chi connectivity index (χ4n) is 8.19. The summed E-state index contributed by atoms with van der Waals surface area (Å²) in [6, 6.07) is 3.26. The zero-order valence-electron chi connectivity index (χ0n) is 31.4. The van der Waals surface area contributed by atoms with Crippen molar-refractivity contribution in [3.63, 3.8) is 0 Å². The third-order valence-electron chi connectivity index (χ3n) is 12.2. The van der Waals surface area contributed by atoms with Gasteiger partial charge in [-0.3, -0.25) is 9.69 Å². The molecule has 0 bridgehead atoms. The van der Waals surface area contributed by atoms with Gasteiger partial charge in [-0.1, -0.05) is 56.7 Å². The Kier molecular flexibility index (Phi) is 9.31. The molecule has 3 atom stereocenters. The van der Waals surface area contributed by atoms with E-state index in [-0.39, 0.29) is 52.6 Å². The number of aliphatic imine (C=N–C) groups is 1. The smallest absolute Gasteiger partial charge is 0.411 e. The first-order valence-electron chi connectivity index (χ1n) is 18.9. The number of carbonyl (C=O) groups excluding carboxylic acids is 2. The highest BCUT2D eigenvalue weighted by Gasteiger charge is 2.65. The maximum Gasteiger partial charge on any atom is 0.411 e. The number of benzene rings is 1. The lowest BCUT2D eigenvalue weighted by Gasteiger charge is -2.46. The molecule has 2 amide bonds. The number of nitrogens with one attached hydrogen (secondary N) is 1. The number of aromatic nitrogens is 6. The average Bonchev–Trinajstić information content (AvgIpc) is 4.10. The van der Waals surface area contributed by atoms with Crippen molar-refractivity contribution >= 4 is 35.1 Å². The van der Waals surface area contributed by atoms with Gasteiger partial charge in [0.05, 0.1) is 23.3 Å². The van der Waals surface area contributed by atoms with E-state index in [9.17, 15) is 26.7 Å². The number of ether oxygens (including phenoxy) is 1. The fourth-order valence-corrected chi connectivity index (χ4v) is 8.40. The third kappa shape index (κ3) is 6.96. The topological polar surface area (TPSA) is 158 Å². The van der Waals surface area contributed by atoms with Crippen molar-refractivity contribution in [2.75, 3.05) is 6.61 Å². The maximum atomic E-state index is 15.4. The predicted octanol–water partition coefficient (Wildman–Crippen LogP) is 7.55. The first kappa shape index (κ1) is 39.0. The van der Waals surface area contributed by atoms with Crippen LogP contribution in [0.15, 0.2) is 53.9 Å². The maximum absolute atomic E-state index is 15.4. The lowest BCUT2D eigenvalue weighted by atomic mass is 9.60. The summed E-state index contributed by atoms with van der Waals surface area (Å²) in [5, 5.41) is 14.6. The highest BCUT2D eigenvalue weighted by Crippen LogP contribution is 2.57. The zero-order chi connectivity index (χ0) is 40.7. The Balaban J connectivity index is 1.17. The number of nitrogens with two attached hydrogens (primary N) is 1. The van der Waals surface area contributed by atoms with Gasteiger partial charge in [0.1, 0.15) is 24.2 Å². The van der Waals surface area contributed by atoms with Gasteiger partial charge >= 0.3 is 18.8 Å². The van der Waals surface area contributed by atoms with E-state index >= 15 is 4.79 Å². The molecule has 3 aromatic rings. The number of alkyl halides is 5. The van der Waals surface area contributed by atoms with Crippen LogP contribution in [-0.2, 0) is 9.53 Å². The van der Waals surface area contributed by atoms with Gasteiger partial charge < -0.3 is 15.8 Å². The van der Waals surface area contributed by atoms with Crippen LogP contribution in [-0.4, -0.2) is 76.5 Å². The van der Waals surface area contributed by atoms with Crippen LogP contribution >= 0.6 is 11.6 Å². The van der Waals surface area contributed by atoms with E-state index in [0.717, 1.165) is 37.6 Å². The van der Waals surface area contributed by atoms with Crippen LogP contribution < -0.4 is 11.1 Å². The largest absolute Gasteiger partial charge is 0.447 e. The Bertz CT molecular complexity index is 2190. The minimum atomic E-state index is -4.71. The molecule has 3 N–H and O–H groups in total. The van der Waals surface area contributed by atoms with Gasteiger partial charge in [0.15, 0.2) is 17.3 Å². The molecule has 5 aliphatic rings. The van der Waals surface area contributed by atoms with Crippen LogP contribution in [0, 0.1) is 16.7 Å². The molecule has 13 nitrogen and oxygen atoms in total. The number of halogens is 6. The Morgan fingerprint density at radius 1 is 1.14 bits per heavy atom. The molecule has 304 valence electrons. The molecule has 0 saturated heterocycles. The van der Waals surface area contributed by atoms with Crippen LogP contribution in [0.3, 0.4) is 0 Å². The van der Waals surface area contributed by atoms with Crippen molar-refractivity contribution in [3.05, 3.63) is 65.2 Å². The fraction of sp³-hybridized carbons (Fsp3) is 0.553. The molecule has 2 aromatic heterocycles. The van der Waals surface area contributed by atoms with Crippen LogP contribution in [0.25, 0.3) is 17.0 Å². The number of hydrogen-bond donors (Lipinski definition) is 2. The normalized spacial score (nSPS) is 25.1. The summed E-state index contributed by atoms with van der Waals surface area (Å²) < 4.78 is 75.0. The molecule has 1 aromatic carbocycles. The van der Waals surface area contributed by atoms with Gasteiger partial charge in [-0.25, -0.2) is 14.8 Å². The minimum absolute atomic E-state index is 0.0113. The molecule has 3 fully saturated rings. The van der Waals surface area contributed by atoms with E-state index < -0.39 is 53.9 Å². The van der Waals surface area contributed by atoms with Gasteiger partial charge in [0.2, 0.25) is 0 Å². The molecule has 57 heavy (non-hydrogen) atoms. The van der Waals surface area contributed by atoms with Crippen molar-refractivity contribution in [1.29, 1.82) is 0 Å². The van der Waals surface area contributed by atoms with Gasteiger partial charge in [0.25, 0.3) is 5.91 Å². The molecule has 0 spiro atoms. The first-order valence-corrected chi connectivity index (χ1v) is 19.2. The van der Waals surface area contributed by atoms with Crippen molar-refractivity contribution in [2.45, 2.75) is 108 Å². The number of alkyl carbamates (subject to hydrolysis) is 1. The van der Waals surface area contributed by atoms with E-state index in [2.05, 4.69) is 34.1 Å². The SMILES string of the molecule is CC(C)(C[C@]1(C2(C)C=CC(c3cnn(C4CC4)n3)=CC2)N=C(N)N([C@H](COC(=O)NC2(C(F)(F)F)CC2)c2ccc(Cl)c(-c3ncnn3C(F)F)c2)C1=O)C1CC1. The molecule has 1 aliphatic heterocycles. The standard InChI is InChI=1S/C38H42ClF5N10O3/c1-34(2,23-5-6-23)19-37(35(3)12-10-21(11-13-35)27-17-47-54(51-27)24-7-8-24)30(55)52(32(45)49-37)28(18-57-33(56)50-36(14-15-36)38(42,43)44)22-4-9-26(39)25(16-22)29-46-20-48-53(29)31(40)41/h4,9-12,16-17,20,23-24,28,31H,5-8,13-15,18-19H2,1-3H3,(H2,45,49)(H,50,56)/t28-,35?,37+/m1/s1. The Hall–Kier alpha value is -4.87. The van der Waals surface area contributed by atoms with Crippen LogP contribution in [0.4, 0.5) is 26.7 Å². The average molecular weight is 817 g/mol. The van der Waals surface area contributed by atoms with E-state index in [1.165, 1.54) is 23.1 Å². The van der Waals surface area contributed by atoms with Gasteiger partial charge in [-0.05, 0) is 86.0 Å². The monoisotopic (exact) mass is 816 g/mol. The van der Waals surface area contributed by atoms with Crippen molar-refractivity contribution in [2.24, 2.45) is 27.5 Å². The van der Waals surface area contributed by atoms with E-state index in [0.29, 0.717) is 28.8 Å². The molecule has 8 rings (SSSR count). The highest BCUT2D eigenvalue weighted by atomic mass is 35.5. The second-order valence-electron chi connectivity index (χ2n) is 16.7. The van der Waals surface area contributed by atoms with Crippen molar-refractivity contribution < 1.29 is 36.3 Å². The van der Waals surface area contributed by atoms with Crippen LogP contribution in [0.1, 0.15) is 102 Å². The minimum Gasteiger partial charge on any atom is -0.447 e. The number of hydrogen-bond acceptors (Lipinski definition) is 9. The lowest BCUT2D eigenvalue weighted by molar-refractivity contribution is -0.164. The highest BCUT2D eigenvalue weighted by molar-refractivity contribution is 6.33. The summed E-state index contributed by atoms with van der Waals surface area (Å²) in [6.45, 7) is 2.36. The molecule has 3 saturated carbocycles. The van der Waals surface area contributed by atoms with Gasteiger partial charge in [-0.2, -0.15) is 46.7 Å². The summed E-state index contributed by atoms with van der Waals surface area (Å²) in [5.41, 5.74) is 3.28. The first-order chi connectivity index (χ1) is 26.9. The Morgan fingerprint density at radius 2 is 1.88 bits per heavy atom. The van der Waals surface area contributed by atoms with Crippen LogP contribution in [0.2, 0.25) is 5.02 Å². The zero-order valence-corrected chi connectivity index (χ0v) is 32.2. The summed E-state index contributed by atoms with van der Waals surface area (Å²) in [5.74, 6) is -0.694. The van der Waals surface area contributed by atoms with Crippen molar-refractivity contribution in [1.82, 2.24) is 40.0 Å². The molecule has 4 aliphatic carbocycles. The summed E-state index contributed by atoms with van der Waals surface area (Å²) >= 11 is 6.51. The number of guanidine groups is 1. The lowest BCUT2D eigenvalue weighted by Crippen LogP contribution is -2.56. The van der Waals surface area contributed by atoms with Crippen molar-refractivity contribution in [3.8, 4) is 11.4 Å². The van der Waals surface area contributed by atoms with E-state index in [4.69, 9.17) is 27.1 Å². The molecule has 19 heteroatoms. The second-order valence-corrected chi connectivity index (χ2v) is 17.1. The summed E-state index contributed by atoms with van der Waals surface area (Å²) in [4.78, 5) is 40.4. The van der Waals surface area contributed by atoms with E-state index in [1.54, 1.807) is 11.0 Å². The second kappa shape index (κ2) is 13.6. The Labute approximate surface area is 329 Å². The molecule has 3 heterocycles. The quantitative estimate of drug-likeness (QED) is 0.167. The van der Waals surface area contributed by atoms with Gasteiger partial charge in [-0.15, -0.1) is 0 Å². The predicted molar refractivity (Wildman–Crippen MR) is 197 cm³/mol. The summed E-state index contributed by atoms with van der Waals surface area (Å²) in [7, 11) is 0. The number of allylic oxidation sites excluding steroid dienone is 3. The number of amides is 2.